The fourth-order valence-corrected chi connectivity index (χ4v) is 7.39. The molecule has 2 aliphatic heterocycles. The van der Waals surface area contributed by atoms with Crippen LogP contribution < -0.4 is 20.9 Å². The van der Waals surface area contributed by atoms with E-state index in [0.29, 0.717) is 23.9 Å². The third kappa shape index (κ3) is 7.72. The number of anilines is 1. The van der Waals surface area contributed by atoms with Crippen molar-refractivity contribution in [1.29, 1.82) is 0 Å². The van der Waals surface area contributed by atoms with Gasteiger partial charge in [0, 0.05) is 62.5 Å². The number of amides is 2. The van der Waals surface area contributed by atoms with Crippen LogP contribution in [-0.2, 0) is 11.2 Å². The predicted octanol–water partition coefficient (Wildman–Crippen LogP) is 7.28. The van der Waals surface area contributed by atoms with Crippen LogP contribution in [0.15, 0.2) is 78.0 Å². The molecule has 2 fully saturated rings. The number of fused-ring (bicyclic) bond motifs is 1. The quantitative estimate of drug-likeness (QED) is 0.198. The van der Waals surface area contributed by atoms with Gasteiger partial charge in [-0.05, 0) is 117 Å². The maximum atomic E-state index is 12.8. The number of hydrogen-bond donors (Lipinski definition) is 3. The molecule has 0 aromatic heterocycles. The summed E-state index contributed by atoms with van der Waals surface area (Å²) in [5.74, 6) is 1.21. The van der Waals surface area contributed by atoms with Gasteiger partial charge < -0.3 is 20.9 Å². The minimum Gasteiger partial charge on any atom is -0.388 e. The third-order valence-electron chi connectivity index (χ3n) is 10.1. The highest BCUT2D eigenvalue weighted by atomic mass is 16.2. The summed E-state index contributed by atoms with van der Waals surface area (Å²) in [5.41, 5.74) is 11.1. The Hall–Kier alpha value is -3.90. The molecule has 2 unspecified atom stereocenters. The van der Waals surface area contributed by atoms with E-state index in [1.54, 1.807) is 12.5 Å². The zero-order chi connectivity index (χ0) is 31.9. The van der Waals surface area contributed by atoms with E-state index in [4.69, 9.17) is 0 Å². The van der Waals surface area contributed by atoms with Crippen LogP contribution >= 0.6 is 0 Å². The van der Waals surface area contributed by atoms with Crippen LogP contribution in [0.5, 0.6) is 0 Å². The average molecular weight is 619 g/mol. The van der Waals surface area contributed by atoms with E-state index in [0.717, 1.165) is 75.1 Å². The summed E-state index contributed by atoms with van der Waals surface area (Å²) in [5, 5.41) is 10.7. The highest BCUT2D eigenvalue weighted by molar-refractivity contribution is 5.95. The summed E-state index contributed by atoms with van der Waals surface area (Å²) in [6.07, 6.45) is 10.2. The Morgan fingerprint density at radius 1 is 0.848 bits per heavy atom. The molecule has 3 aromatic rings. The predicted molar refractivity (Wildman–Crippen MR) is 188 cm³/mol. The zero-order valence-electron chi connectivity index (χ0n) is 27.7. The molecule has 46 heavy (non-hydrogen) atoms. The molecule has 1 aliphatic carbocycles. The molecule has 2 amide bonds. The molecule has 0 bridgehead atoms. The molecule has 1 saturated carbocycles. The molecule has 2 atom stereocenters. The number of carbonyl (C=O) groups is 2. The first-order chi connectivity index (χ1) is 22.5. The second-order valence-electron chi connectivity index (χ2n) is 13.5. The van der Waals surface area contributed by atoms with Gasteiger partial charge in [0.15, 0.2) is 0 Å². The van der Waals surface area contributed by atoms with Crippen LogP contribution in [0.1, 0.15) is 91.3 Å². The Bertz CT molecular complexity index is 1550. The van der Waals surface area contributed by atoms with Crippen molar-refractivity contribution >= 4 is 17.5 Å². The number of hydrogen-bond acceptors (Lipinski definition) is 4. The molecule has 6 rings (SSSR count). The lowest BCUT2D eigenvalue weighted by atomic mass is 9.79. The molecule has 6 nitrogen and oxygen atoms in total. The van der Waals surface area contributed by atoms with Gasteiger partial charge in [0.05, 0.1) is 0 Å². The standard InChI is InChI=1S/C40H50N4O2/c1-28-9-6-12-33(23-28)36-25-37(27-41-26-36)39(31-10-7-11-31)42-20-4-3-5-21-43-40(46)32-16-14-30(15-17-32)34-18-19-38-35(24-34)13-8-22-44(38)29(2)45/h6,9,12,14-19,23-24,36-37,41-42H,3-5,7-8,10-11,13,20-22,25-27H2,1-2H3,(H,43,46). The largest absolute Gasteiger partial charge is 0.388 e. The van der Waals surface area contributed by atoms with Gasteiger partial charge in [-0.1, -0.05) is 53.6 Å². The van der Waals surface area contributed by atoms with Crippen molar-refractivity contribution in [3.63, 3.8) is 0 Å². The number of unbranched alkanes of at least 4 members (excludes halogenated alkanes) is 2. The van der Waals surface area contributed by atoms with Gasteiger partial charge in [-0.15, -0.1) is 0 Å². The first kappa shape index (κ1) is 32.1. The van der Waals surface area contributed by atoms with E-state index in [1.807, 2.05) is 29.2 Å². The van der Waals surface area contributed by atoms with Crippen LogP contribution in [-0.4, -0.2) is 44.5 Å². The van der Waals surface area contributed by atoms with Crippen molar-refractivity contribution in [2.75, 3.05) is 37.6 Å². The van der Waals surface area contributed by atoms with Crippen molar-refractivity contribution in [2.45, 2.75) is 77.6 Å². The fraction of sp³-hybridized carbons (Fsp3) is 0.450. The minimum absolute atomic E-state index is 0.0165. The molecule has 0 radical (unpaired) electrons. The van der Waals surface area contributed by atoms with E-state index in [1.165, 1.54) is 48.1 Å². The van der Waals surface area contributed by atoms with Gasteiger partial charge in [0.1, 0.15) is 0 Å². The molecular weight excluding hydrogens is 568 g/mol. The summed E-state index contributed by atoms with van der Waals surface area (Å²) in [4.78, 5) is 26.7. The van der Waals surface area contributed by atoms with Gasteiger partial charge in [-0.2, -0.15) is 0 Å². The summed E-state index contributed by atoms with van der Waals surface area (Å²) in [7, 11) is 0. The van der Waals surface area contributed by atoms with Gasteiger partial charge in [0.25, 0.3) is 5.91 Å². The Kier molecular flexibility index (Phi) is 10.5. The van der Waals surface area contributed by atoms with Crippen molar-refractivity contribution in [3.8, 4) is 11.1 Å². The number of aryl methyl sites for hydroxylation is 2. The zero-order valence-corrected chi connectivity index (χ0v) is 27.7. The minimum atomic E-state index is -0.0165. The maximum Gasteiger partial charge on any atom is 0.251 e. The molecule has 3 N–H and O–H groups in total. The summed E-state index contributed by atoms with van der Waals surface area (Å²) < 4.78 is 0. The van der Waals surface area contributed by atoms with Crippen LogP contribution in [0.25, 0.3) is 11.1 Å². The normalized spacial score (nSPS) is 19.2. The van der Waals surface area contributed by atoms with E-state index in [2.05, 4.69) is 65.3 Å². The molecular formula is C40H50N4O2. The molecule has 6 heteroatoms. The molecule has 1 saturated heterocycles. The highest BCUT2D eigenvalue weighted by Crippen LogP contribution is 2.36. The Labute approximate surface area is 275 Å². The van der Waals surface area contributed by atoms with Gasteiger partial charge >= 0.3 is 0 Å². The number of nitrogens with zero attached hydrogens (tertiary/aromatic N) is 1. The van der Waals surface area contributed by atoms with Crippen molar-refractivity contribution in [1.82, 2.24) is 16.0 Å². The first-order valence-corrected chi connectivity index (χ1v) is 17.5. The first-order valence-electron chi connectivity index (χ1n) is 17.5. The van der Waals surface area contributed by atoms with Gasteiger partial charge in [0.2, 0.25) is 5.91 Å². The lowest BCUT2D eigenvalue weighted by Gasteiger charge is -2.35. The molecule has 2 heterocycles. The van der Waals surface area contributed by atoms with Crippen molar-refractivity contribution in [2.24, 2.45) is 5.92 Å². The number of rotatable bonds is 11. The van der Waals surface area contributed by atoms with Crippen LogP contribution in [0.2, 0.25) is 0 Å². The van der Waals surface area contributed by atoms with E-state index >= 15 is 0 Å². The highest BCUT2D eigenvalue weighted by Gasteiger charge is 2.29. The van der Waals surface area contributed by atoms with E-state index in [9.17, 15) is 9.59 Å². The number of carbonyl (C=O) groups excluding carboxylic acids is 2. The molecule has 3 aliphatic rings. The third-order valence-corrected chi connectivity index (χ3v) is 10.1. The number of allylic oxidation sites excluding steroid dienone is 1. The number of nitrogens with one attached hydrogen (secondary N) is 3. The lowest BCUT2D eigenvalue weighted by molar-refractivity contribution is -0.116. The fourth-order valence-electron chi connectivity index (χ4n) is 7.39. The van der Waals surface area contributed by atoms with Crippen molar-refractivity contribution in [3.05, 3.63) is 100 Å². The molecule has 242 valence electrons. The van der Waals surface area contributed by atoms with Crippen molar-refractivity contribution < 1.29 is 9.59 Å². The smallest absolute Gasteiger partial charge is 0.251 e. The summed E-state index contributed by atoms with van der Waals surface area (Å²) in [6, 6.07) is 23.2. The van der Waals surface area contributed by atoms with Crippen LogP contribution in [0, 0.1) is 12.8 Å². The molecule has 0 spiro atoms. The lowest BCUT2D eigenvalue weighted by Crippen LogP contribution is -2.39. The Morgan fingerprint density at radius 3 is 2.37 bits per heavy atom. The second kappa shape index (κ2) is 15.1. The summed E-state index contributed by atoms with van der Waals surface area (Å²) in [6.45, 7) is 8.42. The maximum absolute atomic E-state index is 12.8. The van der Waals surface area contributed by atoms with E-state index < -0.39 is 0 Å². The van der Waals surface area contributed by atoms with Crippen LogP contribution in [0.4, 0.5) is 5.69 Å². The van der Waals surface area contributed by atoms with Crippen LogP contribution in [0.3, 0.4) is 0 Å². The van der Waals surface area contributed by atoms with E-state index in [-0.39, 0.29) is 11.8 Å². The average Bonchev–Trinajstić information content (AvgIpc) is 3.06. The topological polar surface area (TPSA) is 73.5 Å². The molecule has 3 aromatic carbocycles. The number of piperidine rings is 1. The van der Waals surface area contributed by atoms with Gasteiger partial charge in [-0.25, -0.2) is 0 Å². The Balaban J connectivity index is 0.931. The summed E-state index contributed by atoms with van der Waals surface area (Å²) >= 11 is 0. The second-order valence-corrected chi connectivity index (χ2v) is 13.5. The number of benzene rings is 3. The van der Waals surface area contributed by atoms with Gasteiger partial charge in [-0.3, -0.25) is 9.59 Å². The monoisotopic (exact) mass is 618 g/mol. The Morgan fingerprint density at radius 2 is 1.63 bits per heavy atom. The SMILES string of the molecule is CC(=O)N1CCCc2cc(-c3ccc(C(=O)NCCCCCNC(=C4CCC4)C4CNCC(c5cccc(C)c5)C4)cc3)ccc21.